The maximum absolute atomic E-state index is 13.2. The standard InChI is InChI=1S/C27H29N3O10/c28-16(7-13-1-4-19(31)22(34)10-13)25(37)29-17(8-14-2-5-20(32)23(35)11-14)26(38)30-18(27(39)40)9-15-3-6-21(33)24(36)12-15/h1-6,10-12,16-18,31-36H,7-9,28H2,(H,29,37)(H,30,38)(H,39,40)/t16-,17-,18-/m0/s1. The fraction of sp³-hybridized carbons (Fsp3) is 0.222. The number of nitrogens with two attached hydrogens (primary N) is 1. The molecule has 0 fully saturated rings. The molecule has 11 N–H and O–H groups in total. The topological polar surface area (TPSA) is 243 Å². The molecule has 212 valence electrons. The van der Waals surface area contributed by atoms with Crippen LogP contribution in [-0.4, -0.2) is 71.7 Å². The van der Waals surface area contributed by atoms with E-state index in [2.05, 4.69) is 10.6 Å². The first-order valence-corrected chi connectivity index (χ1v) is 12.0. The molecule has 0 aromatic heterocycles. The number of carbonyl (C=O) groups excluding carboxylic acids is 2. The minimum atomic E-state index is -1.49. The van der Waals surface area contributed by atoms with Crippen molar-refractivity contribution < 1.29 is 50.1 Å². The third kappa shape index (κ3) is 7.68. The number of hydrogen-bond acceptors (Lipinski definition) is 10. The van der Waals surface area contributed by atoms with E-state index in [4.69, 9.17) is 5.73 Å². The predicted molar refractivity (Wildman–Crippen MR) is 140 cm³/mol. The lowest BCUT2D eigenvalue weighted by molar-refractivity contribution is -0.142. The summed E-state index contributed by atoms with van der Waals surface area (Å²) >= 11 is 0. The highest BCUT2D eigenvalue weighted by molar-refractivity contribution is 5.92. The summed E-state index contributed by atoms with van der Waals surface area (Å²) in [5.41, 5.74) is 7.04. The molecule has 13 heteroatoms. The van der Waals surface area contributed by atoms with Gasteiger partial charge >= 0.3 is 5.97 Å². The van der Waals surface area contributed by atoms with Crippen LogP contribution in [0.5, 0.6) is 34.5 Å². The summed E-state index contributed by atoms with van der Waals surface area (Å²) in [4.78, 5) is 38.1. The van der Waals surface area contributed by atoms with Crippen LogP contribution in [0.25, 0.3) is 0 Å². The Labute approximate surface area is 227 Å². The van der Waals surface area contributed by atoms with Gasteiger partial charge in [0.05, 0.1) is 6.04 Å². The molecular weight excluding hydrogens is 526 g/mol. The number of rotatable bonds is 11. The highest BCUT2D eigenvalue weighted by Crippen LogP contribution is 2.27. The van der Waals surface area contributed by atoms with Crippen LogP contribution in [0.2, 0.25) is 0 Å². The fourth-order valence-corrected chi connectivity index (χ4v) is 3.87. The van der Waals surface area contributed by atoms with E-state index in [1.807, 2.05) is 0 Å². The number of aromatic hydroxyl groups is 6. The Balaban J connectivity index is 1.80. The molecule has 0 aliphatic carbocycles. The van der Waals surface area contributed by atoms with Crippen LogP contribution in [0.15, 0.2) is 54.6 Å². The van der Waals surface area contributed by atoms with Crippen LogP contribution in [-0.2, 0) is 33.6 Å². The Hall–Kier alpha value is -5.17. The molecule has 40 heavy (non-hydrogen) atoms. The molecule has 0 saturated heterocycles. The number of phenols is 6. The predicted octanol–water partition coefficient (Wildman–Crippen LogP) is 0.330. The van der Waals surface area contributed by atoms with E-state index in [1.54, 1.807) is 0 Å². The van der Waals surface area contributed by atoms with E-state index in [0.29, 0.717) is 16.7 Å². The van der Waals surface area contributed by atoms with Crippen molar-refractivity contribution >= 4 is 17.8 Å². The van der Waals surface area contributed by atoms with Crippen molar-refractivity contribution in [3.8, 4) is 34.5 Å². The number of nitrogens with one attached hydrogen (secondary N) is 2. The Kier molecular flexibility index (Phi) is 9.24. The number of amides is 2. The van der Waals surface area contributed by atoms with Gasteiger partial charge in [0, 0.05) is 12.8 Å². The zero-order valence-electron chi connectivity index (χ0n) is 21.0. The normalized spacial score (nSPS) is 13.1. The van der Waals surface area contributed by atoms with Crippen LogP contribution < -0.4 is 16.4 Å². The van der Waals surface area contributed by atoms with Crippen LogP contribution in [0, 0.1) is 0 Å². The van der Waals surface area contributed by atoms with E-state index >= 15 is 0 Å². The first-order valence-electron chi connectivity index (χ1n) is 12.0. The first-order chi connectivity index (χ1) is 18.8. The van der Waals surface area contributed by atoms with Gasteiger partial charge in [0.25, 0.3) is 0 Å². The summed E-state index contributed by atoms with van der Waals surface area (Å²) in [6.07, 6.45) is -0.556. The first kappa shape index (κ1) is 29.4. The average Bonchev–Trinajstić information content (AvgIpc) is 2.89. The van der Waals surface area contributed by atoms with Gasteiger partial charge in [0.1, 0.15) is 12.1 Å². The summed E-state index contributed by atoms with van der Waals surface area (Å²) in [7, 11) is 0. The molecule has 3 rings (SSSR count). The van der Waals surface area contributed by atoms with E-state index in [9.17, 15) is 50.1 Å². The number of carboxylic acid groups (broad SMARTS) is 1. The third-order valence-corrected chi connectivity index (χ3v) is 6.04. The molecule has 3 aromatic rings. The Bertz CT molecular complexity index is 1410. The molecule has 0 aliphatic rings. The van der Waals surface area contributed by atoms with Gasteiger partial charge < -0.3 is 52.1 Å². The lowest BCUT2D eigenvalue weighted by Crippen LogP contribution is -2.55. The Morgan fingerprint density at radius 3 is 1.35 bits per heavy atom. The van der Waals surface area contributed by atoms with Crippen molar-refractivity contribution in [3.63, 3.8) is 0 Å². The van der Waals surface area contributed by atoms with Crippen LogP contribution in [0.1, 0.15) is 16.7 Å². The highest BCUT2D eigenvalue weighted by Gasteiger charge is 2.29. The maximum atomic E-state index is 13.2. The maximum Gasteiger partial charge on any atom is 0.326 e. The summed E-state index contributed by atoms with van der Waals surface area (Å²) in [5, 5.41) is 72.3. The smallest absolute Gasteiger partial charge is 0.326 e. The quantitative estimate of drug-likeness (QED) is 0.144. The molecule has 0 spiro atoms. The fourth-order valence-electron chi connectivity index (χ4n) is 3.87. The summed E-state index contributed by atoms with van der Waals surface area (Å²) < 4.78 is 0. The molecule has 0 heterocycles. The molecule has 0 saturated carbocycles. The molecule has 2 amide bonds. The summed E-state index contributed by atoms with van der Waals surface area (Å²) in [5.74, 6) is -5.60. The van der Waals surface area contributed by atoms with Crippen molar-refractivity contribution in [3.05, 3.63) is 71.3 Å². The van der Waals surface area contributed by atoms with Crippen molar-refractivity contribution in [2.24, 2.45) is 5.73 Å². The molecule has 0 radical (unpaired) electrons. The van der Waals surface area contributed by atoms with Crippen molar-refractivity contribution in [2.45, 2.75) is 37.4 Å². The zero-order valence-corrected chi connectivity index (χ0v) is 21.0. The molecule has 3 aromatic carbocycles. The van der Waals surface area contributed by atoms with Gasteiger partial charge in [-0.1, -0.05) is 18.2 Å². The van der Waals surface area contributed by atoms with Gasteiger partial charge in [-0.3, -0.25) is 9.59 Å². The van der Waals surface area contributed by atoms with Gasteiger partial charge in [-0.25, -0.2) is 4.79 Å². The van der Waals surface area contributed by atoms with E-state index in [-0.39, 0.29) is 25.0 Å². The Morgan fingerprint density at radius 1 is 0.575 bits per heavy atom. The lowest BCUT2D eigenvalue weighted by Gasteiger charge is -2.23. The van der Waals surface area contributed by atoms with Crippen LogP contribution >= 0.6 is 0 Å². The van der Waals surface area contributed by atoms with E-state index in [0.717, 1.165) is 6.07 Å². The number of hydrogen-bond donors (Lipinski definition) is 10. The van der Waals surface area contributed by atoms with Gasteiger partial charge in [-0.05, 0) is 59.5 Å². The average molecular weight is 556 g/mol. The molecule has 0 unspecified atom stereocenters. The van der Waals surface area contributed by atoms with Crippen LogP contribution in [0.3, 0.4) is 0 Å². The molecule has 13 nitrogen and oxygen atoms in total. The second-order valence-electron chi connectivity index (χ2n) is 9.15. The number of carbonyl (C=O) groups is 3. The van der Waals surface area contributed by atoms with Gasteiger partial charge in [-0.2, -0.15) is 0 Å². The summed E-state index contributed by atoms with van der Waals surface area (Å²) in [6, 6.07) is 7.28. The number of carboxylic acids is 1. The largest absolute Gasteiger partial charge is 0.504 e. The lowest BCUT2D eigenvalue weighted by atomic mass is 10.0. The molecular formula is C27H29N3O10. The number of benzene rings is 3. The number of phenolic OH excluding ortho intramolecular Hbond substituents is 6. The van der Waals surface area contributed by atoms with E-state index in [1.165, 1.54) is 48.5 Å². The summed E-state index contributed by atoms with van der Waals surface area (Å²) in [6.45, 7) is 0. The molecule has 0 aliphatic heterocycles. The zero-order chi connectivity index (χ0) is 29.6. The van der Waals surface area contributed by atoms with Crippen molar-refractivity contribution in [1.82, 2.24) is 10.6 Å². The third-order valence-electron chi connectivity index (χ3n) is 6.04. The van der Waals surface area contributed by atoms with Gasteiger partial charge in [0.2, 0.25) is 11.8 Å². The van der Waals surface area contributed by atoms with Gasteiger partial charge in [0.15, 0.2) is 34.5 Å². The van der Waals surface area contributed by atoms with E-state index < -0.39 is 64.7 Å². The van der Waals surface area contributed by atoms with Crippen molar-refractivity contribution in [1.29, 1.82) is 0 Å². The molecule has 3 atom stereocenters. The van der Waals surface area contributed by atoms with Gasteiger partial charge in [-0.15, -0.1) is 0 Å². The highest BCUT2D eigenvalue weighted by atomic mass is 16.4. The van der Waals surface area contributed by atoms with Crippen molar-refractivity contribution in [2.75, 3.05) is 0 Å². The SMILES string of the molecule is N[C@@H](Cc1ccc(O)c(O)c1)C(=O)N[C@@H](Cc1ccc(O)c(O)c1)C(=O)N[C@@H](Cc1ccc(O)c(O)c1)C(=O)O. The minimum absolute atomic E-state index is 0.0733. The number of aliphatic carboxylic acids is 1. The minimum Gasteiger partial charge on any atom is -0.504 e. The van der Waals surface area contributed by atoms with Crippen LogP contribution in [0.4, 0.5) is 0 Å². The Morgan fingerprint density at radius 2 is 0.950 bits per heavy atom. The molecule has 0 bridgehead atoms. The second-order valence-corrected chi connectivity index (χ2v) is 9.15. The second kappa shape index (κ2) is 12.6. The monoisotopic (exact) mass is 555 g/mol.